The fourth-order valence-electron chi connectivity index (χ4n) is 2.66. The number of carbonyl (C=O) groups excluding carboxylic acids is 2. The Morgan fingerprint density at radius 3 is 2.55 bits per heavy atom. The minimum atomic E-state index is -0.584. The molecule has 0 heterocycles. The summed E-state index contributed by atoms with van der Waals surface area (Å²) in [5, 5.41) is 11.9. The lowest BCUT2D eigenvalue weighted by atomic mass is 10.1. The quantitative estimate of drug-likeness (QED) is 0.286. The highest BCUT2D eigenvalue weighted by molar-refractivity contribution is 6.01. The normalized spacial score (nSPS) is 10.7. The van der Waals surface area contributed by atoms with Crippen molar-refractivity contribution in [1.29, 1.82) is 5.26 Å². The highest BCUT2D eigenvalue weighted by Gasteiger charge is 2.14. The van der Waals surface area contributed by atoms with Gasteiger partial charge in [0.15, 0.2) is 18.1 Å². The molecule has 0 atom stereocenters. The minimum Gasteiger partial charge on any atom is -0.493 e. The van der Waals surface area contributed by atoms with Gasteiger partial charge in [0.1, 0.15) is 17.4 Å². The van der Waals surface area contributed by atoms with E-state index >= 15 is 0 Å². The molecule has 0 aromatic heterocycles. The number of nitrogens with zero attached hydrogens (tertiary/aromatic N) is 1. The first kappa shape index (κ1) is 23.5. The SMILES string of the molecule is CCCNC(=O)/C(C#N)=C/c1ccc(OC(=O)COc2cc(C)ccc2C)c(OC)c1. The molecule has 0 spiro atoms. The van der Waals surface area contributed by atoms with Crippen molar-refractivity contribution in [3.8, 4) is 23.3 Å². The van der Waals surface area contributed by atoms with E-state index in [9.17, 15) is 14.9 Å². The molecule has 2 aromatic carbocycles. The molecule has 7 nitrogen and oxygen atoms in total. The van der Waals surface area contributed by atoms with E-state index in [2.05, 4.69) is 5.32 Å². The maximum atomic E-state index is 12.2. The predicted molar refractivity (Wildman–Crippen MR) is 117 cm³/mol. The summed E-state index contributed by atoms with van der Waals surface area (Å²) in [5.74, 6) is 0.0969. The molecule has 0 saturated heterocycles. The lowest BCUT2D eigenvalue weighted by Gasteiger charge is -2.12. The predicted octanol–water partition coefficient (Wildman–Crippen LogP) is 3.73. The molecule has 0 unspecified atom stereocenters. The second-order valence-corrected chi connectivity index (χ2v) is 6.87. The number of benzene rings is 2. The lowest BCUT2D eigenvalue weighted by molar-refractivity contribution is -0.136. The summed E-state index contributed by atoms with van der Waals surface area (Å²) in [6.07, 6.45) is 2.22. The van der Waals surface area contributed by atoms with Crippen molar-refractivity contribution in [2.24, 2.45) is 0 Å². The zero-order chi connectivity index (χ0) is 22.8. The zero-order valence-electron chi connectivity index (χ0n) is 18.2. The second-order valence-electron chi connectivity index (χ2n) is 6.87. The molecular weight excluding hydrogens is 396 g/mol. The van der Waals surface area contributed by atoms with Crippen molar-refractivity contribution in [2.75, 3.05) is 20.3 Å². The summed E-state index contributed by atoms with van der Waals surface area (Å²) in [7, 11) is 1.44. The molecule has 1 N–H and O–H groups in total. The Labute approximate surface area is 182 Å². The van der Waals surface area contributed by atoms with Gasteiger partial charge in [-0.2, -0.15) is 5.26 Å². The van der Waals surface area contributed by atoms with E-state index in [4.69, 9.17) is 14.2 Å². The van der Waals surface area contributed by atoms with E-state index in [-0.39, 0.29) is 17.9 Å². The molecule has 0 bridgehead atoms. The number of ether oxygens (including phenoxy) is 3. The van der Waals surface area contributed by atoms with Crippen molar-refractivity contribution in [3.63, 3.8) is 0 Å². The fourth-order valence-corrected chi connectivity index (χ4v) is 2.66. The van der Waals surface area contributed by atoms with Crippen molar-refractivity contribution >= 4 is 18.0 Å². The maximum absolute atomic E-state index is 12.2. The maximum Gasteiger partial charge on any atom is 0.349 e. The first-order valence-corrected chi connectivity index (χ1v) is 9.86. The standard InChI is InChI=1S/C24H26N2O5/c1-5-10-26-24(28)19(14-25)12-18-8-9-20(22(13-18)29-4)31-23(27)15-30-21-11-16(2)6-7-17(21)3/h6-9,11-13H,5,10,15H2,1-4H3,(H,26,28)/b19-12+. The number of methoxy groups -OCH3 is 1. The van der Waals surface area contributed by atoms with Crippen LogP contribution in [0.4, 0.5) is 0 Å². The number of esters is 1. The highest BCUT2D eigenvalue weighted by atomic mass is 16.6. The summed E-state index contributed by atoms with van der Waals surface area (Å²) in [5.41, 5.74) is 2.48. The minimum absolute atomic E-state index is 0.0258. The van der Waals surface area contributed by atoms with Crippen LogP contribution in [-0.2, 0) is 9.59 Å². The number of hydrogen-bond acceptors (Lipinski definition) is 6. The van der Waals surface area contributed by atoms with Crippen LogP contribution >= 0.6 is 0 Å². The number of rotatable bonds is 9. The highest BCUT2D eigenvalue weighted by Crippen LogP contribution is 2.29. The molecule has 7 heteroatoms. The van der Waals surface area contributed by atoms with Gasteiger partial charge in [-0.1, -0.05) is 25.1 Å². The van der Waals surface area contributed by atoms with Crippen LogP contribution in [0.1, 0.15) is 30.0 Å². The fraction of sp³-hybridized carbons (Fsp3) is 0.292. The summed E-state index contributed by atoms with van der Waals surface area (Å²) in [6, 6.07) is 12.4. The van der Waals surface area contributed by atoms with Crippen LogP contribution in [0.5, 0.6) is 17.2 Å². The van der Waals surface area contributed by atoms with Gasteiger partial charge in [-0.3, -0.25) is 4.79 Å². The average Bonchev–Trinajstić information content (AvgIpc) is 2.77. The topological polar surface area (TPSA) is 97.7 Å². The lowest BCUT2D eigenvalue weighted by Crippen LogP contribution is -2.25. The Balaban J connectivity index is 2.09. The van der Waals surface area contributed by atoms with E-state index in [1.807, 2.05) is 45.0 Å². The molecule has 0 fully saturated rings. The first-order valence-electron chi connectivity index (χ1n) is 9.86. The molecule has 0 aliphatic heterocycles. The van der Waals surface area contributed by atoms with E-state index in [1.54, 1.807) is 18.2 Å². The van der Waals surface area contributed by atoms with Gasteiger partial charge in [0, 0.05) is 6.54 Å². The summed E-state index contributed by atoms with van der Waals surface area (Å²) in [4.78, 5) is 24.3. The van der Waals surface area contributed by atoms with Crippen LogP contribution in [-0.4, -0.2) is 32.1 Å². The Kier molecular flexibility index (Phi) is 8.64. The number of aryl methyl sites for hydroxylation is 2. The van der Waals surface area contributed by atoms with Gasteiger partial charge in [-0.25, -0.2) is 4.79 Å². The Hall–Kier alpha value is -3.79. The monoisotopic (exact) mass is 422 g/mol. The molecule has 31 heavy (non-hydrogen) atoms. The molecule has 162 valence electrons. The molecule has 0 aliphatic rings. The molecule has 0 radical (unpaired) electrons. The van der Waals surface area contributed by atoms with E-state index in [1.165, 1.54) is 13.2 Å². The van der Waals surface area contributed by atoms with Crippen LogP contribution in [0, 0.1) is 25.2 Å². The second kappa shape index (κ2) is 11.4. The van der Waals surface area contributed by atoms with Crippen molar-refractivity contribution in [3.05, 3.63) is 58.7 Å². The van der Waals surface area contributed by atoms with Crippen molar-refractivity contribution in [1.82, 2.24) is 5.32 Å². The number of nitrogens with one attached hydrogen (secondary N) is 1. The number of hydrogen-bond donors (Lipinski definition) is 1. The number of carbonyl (C=O) groups is 2. The van der Waals surface area contributed by atoms with Crippen LogP contribution < -0.4 is 19.5 Å². The van der Waals surface area contributed by atoms with Crippen molar-refractivity contribution < 1.29 is 23.8 Å². The molecule has 2 aromatic rings. The first-order chi connectivity index (χ1) is 14.9. The van der Waals surface area contributed by atoms with Gasteiger partial charge >= 0.3 is 5.97 Å². The van der Waals surface area contributed by atoms with Gasteiger partial charge < -0.3 is 19.5 Å². The van der Waals surface area contributed by atoms with Crippen LogP contribution in [0.25, 0.3) is 6.08 Å². The van der Waals surface area contributed by atoms with Gasteiger partial charge in [0.05, 0.1) is 7.11 Å². The molecule has 1 amide bonds. The van der Waals surface area contributed by atoms with Gasteiger partial charge in [-0.05, 0) is 61.2 Å². The summed E-state index contributed by atoms with van der Waals surface area (Å²) in [6.45, 7) is 5.99. The summed E-state index contributed by atoms with van der Waals surface area (Å²) < 4.78 is 16.2. The van der Waals surface area contributed by atoms with Crippen molar-refractivity contribution in [2.45, 2.75) is 27.2 Å². The molecular formula is C24H26N2O5. The van der Waals surface area contributed by atoms with Gasteiger partial charge in [-0.15, -0.1) is 0 Å². The number of nitriles is 1. The van der Waals surface area contributed by atoms with E-state index in [0.29, 0.717) is 23.6 Å². The summed E-state index contributed by atoms with van der Waals surface area (Å²) >= 11 is 0. The Morgan fingerprint density at radius 2 is 1.87 bits per heavy atom. The van der Waals surface area contributed by atoms with Crippen LogP contribution in [0.2, 0.25) is 0 Å². The third-order valence-electron chi connectivity index (χ3n) is 4.31. The zero-order valence-corrected chi connectivity index (χ0v) is 18.2. The number of amides is 1. The van der Waals surface area contributed by atoms with Gasteiger partial charge in [0.25, 0.3) is 5.91 Å². The van der Waals surface area contributed by atoms with Crippen LogP contribution in [0.3, 0.4) is 0 Å². The molecule has 2 rings (SSSR count). The largest absolute Gasteiger partial charge is 0.493 e. The third-order valence-corrected chi connectivity index (χ3v) is 4.31. The Bertz CT molecular complexity index is 1020. The van der Waals surface area contributed by atoms with Gasteiger partial charge in [0.2, 0.25) is 0 Å². The molecule has 0 aliphatic carbocycles. The average molecular weight is 422 g/mol. The smallest absolute Gasteiger partial charge is 0.349 e. The molecule has 0 saturated carbocycles. The van der Waals surface area contributed by atoms with Crippen LogP contribution in [0.15, 0.2) is 42.0 Å². The van der Waals surface area contributed by atoms with E-state index < -0.39 is 11.9 Å². The third kappa shape index (κ3) is 6.89. The Morgan fingerprint density at radius 1 is 1.10 bits per heavy atom. The van der Waals surface area contributed by atoms with E-state index in [0.717, 1.165) is 17.5 Å².